The normalized spacial score (nSPS) is 16.0. The number of anilines is 1. The molecule has 0 saturated carbocycles. The van der Waals surface area contributed by atoms with Gasteiger partial charge in [-0.25, -0.2) is 14.5 Å². The fraction of sp³-hybridized carbons (Fsp3) is 0.0526. The number of hydrogen-bond donors (Lipinski definition) is 2. The Labute approximate surface area is 148 Å². The molecule has 2 N–H and O–H groups in total. The number of carboxylic acids is 1. The molecule has 0 atom stereocenters. The summed E-state index contributed by atoms with van der Waals surface area (Å²) in [6.45, 7) is 1.84. The van der Waals surface area contributed by atoms with E-state index in [0.717, 1.165) is 10.5 Å². The standard InChI is InChI=1S/C19H14N2O5/c1-11-4-2-3-5-13(11)10-15-16(22)20-19(26)21(17(15)23)14-8-6-12(7-9-14)18(24)25/h2-10H,1H3,(H,24,25)(H,20,22,26)/b15-10-. The van der Waals surface area contributed by atoms with Crippen molar-refractivity contribution >= 4 is 35.6 Å². The molecule has 7 nitrogen and oxygen atoms in total. The lowest BCUT2D eigenvalue weighted by Gasteiger charge is -2.26. The lowest BCUT2D eigenvalue weighted by Crippen LogP contribution is -2.54. The van der Waals surface area contributed by atoms with Gasteiger partial charge in [0.25, 0.3) is 11.8 Å². The van der Waals surface area contributed by atoms with Crippen molar-refractivity contribution in [1.29, 1.82) is 0 Å². The van der Waals surface area contributed by atoms with Crippen LogP contribution in [0.15, 0.2) is 54.1 Å². The zero-order valence-corrected chi connectivity index (χ0v) is 13.7. The van der Waals surface area contributed by atoms with Gasteiger partial charge in [-0.05, 0) is 48.4 Å². The maximum absolute atomic E-state index is 12.7. The Morgan fingerprint density at radius 1 is 1.04 bits per heavy atom. The van der Waals surface area contributed by atoms with Crippen LogP contribution in [0.2, 0.25) is 0 Å². The van der Waals surface area contributed by atoms with Crippen LogP contribution in [0.3, 0.4) is 0 Å². The molecule has 4 amide bonds. The van der Waals surface area contributed by atoms with E-state index in [2.05, 4.69) is 5.32 Å². The first-order chi connectivity index (χ1) is 12.4. The molecular formula is C19H14N2O5. The second-order valence-corrected chi connectivity index (χ2v) is 5.67. The maximum Gasteiger partial charge on any atom is 0.335 e. The summed E-state index contributed by atoms with van der Waals surface area (Å²) in [7, 11) is 0. The molecule has 130 valence electrons. The monoisotopic (exact) mass is 350 g/mol. The molecule has 0 radical (unpaired) electrons. The van der Waals surface area contributed by atoms with Gasteiger partial charge in [-0.1, -0.05) is 24.3 Å². The highest BCUT2D eigenvalue weighted by Gasteiger charge is 2.36. The minimum Gasteiger partial charge on any atom is -0.478 e. The van der Waals surface area contributed by atoms with Gasteiger partial charge in [0.15, 0.2) is 0 Å². The van der Waals surface area contributed by atoms with Crippen LogP contribution in [-0.4, -0.2) is 28.9 Å². The van der Waals surface area contributed by atoms with Crippen LogP contribution >= 0.6 is 0 Å². The van der Waals surface area contributed by atoms with E-state index < -0.39 is 23.8 Å². The lowest BCUT2D eigenvalue weighted by molar-refractivity contribution is -0.122. The summed E-state index contributed by atoms with van der Waals surface area (Å²) in [5.41, 5.74) is 1.56. The second kappa shape index (κ2) is 6.64. The molecule has 0 unspecified atom stereocenters. The van der Waals surface area contributed by atoms with E-state index >= 15 is 0 Å². The number of carboxylic acid groups (broad SMARTS) is 1. The Bertz CT molecular complexity index is 960. The van der Waals surface area contributed by atoms with Crippen molar-refractivity contribution in [3.05, 3.63) is 70.8 Å². The molecular weight excluding hydrogens is 336 g/mol. The van der Waals surface area contributed by atoms with E-state index in [9.17, 15) is 19.2 Å². The Hall–Kier alpha value is -3.74. The highest BCUT2D eigenvalue weighted by atomic mass is 16.4. The molecule has 1 aliphatic rings. The first-order valence-corrected chi connectivity index (χ1v) is 7.69. The largest absolute Gasteiger partial charge is 0.478 e. The zero-order chi connectivity index (χ0) is 18.8. The summed E-state index contributed by atoms with van der Waals surface area (Å²) in [4.78, 5) is 48.7. The average molecular weight is 350 g/mol. The summed E-state index contributed by atoms with van der Waals surface area (Å²) in [5, 5.41) is 11.1. The molecule has 2 aromatic rings. The van der Waals surface area contributed by atoms with Crippen molar-refractivity contribution < 1.29 is 24.3 Å². The number of aromatic carboxylic acids is 1. The SMILES string of the molecule is Cc1ccccc1/C=C1/C(=O)NC(=O)N(c2ccc(C(=O)O)cc2)C1=O. The molecule has 3 rings (SSSR count). The van der Waals surface area contributed by atoms with Crippen LogP contribution in [-0.2, 0) is 9.59 Å². The molecule has 0 spiro atoms. The third-order valence-electron chi connectivity index (χ3n) is 3.96. The Morgan fingerprint density at radius 3 is 2.31 bits per heavy atom. The molecule has 1 aliphatic heterocycles. The van der Waals surface area contributed by atoms with E-state index in [1.807, 2.05) is 19.1 Å². The number of hydrogen-bond acceptors (Lipinski definition) is 4. The van der Waals surface area contributed by atoms with E-state index in [4.69, 9.17) is 5.11 Å². The summed E-state index contributed by atoms with van der Waals surface area (Å²) in [6.07, 6.45) is 1.43. The van der Waals surface area contributed by atoms with Crippen LogP contribution in [0.25, 0.3) is 6.08 Å². The highest BCUT2D eigenvalue weighted by Crippen LogP contribution is 2.23. The van der Waals surface area contributed by atoms with E-state index in [0.29, 0.717) is 5.56 Å². The van der Waals surface area contributed by atoms with Gasteiger partial charge in [-0.15, -0.1) is 0 Å². The molecule has 26 heavy (non-hydrogen) atoms. The summed E-state index contributed by atoms with van der Waals surface area (Å²) in [6, 6.07) is 11.5. The number of barbiturate groups is 1. The molecule has 1 saturated heterocycles. The van der Waals surface area contributed by atoms with Crippen molar-refractivity contribution in [3.63, 3.8) is 0 Å². The Kier molecular flexibility index (Phi) is 4.36. The van der Waals surface area contributed by atoms with Crippen LogP contribution in [0, 0.1) is 6.92 Å². The summed E-state index contributed by atoms with van der Waals surface area (Å²) in [5.74, 6) is -2.67. The van der Waals surface area contributed by atoms with Crippen LogP contribution in [0.5, 0.6) is 0 Å². The van der Waals surface area contributed by atoms with Gasteiger partial charge < -0.3 is 5.11 Å². The lowest BCUT2D eigenvalue weighted by atomic mass is 10.0. The second-order valence-electron chi connectivity index (χ2n) is 5.67. The van der Waals surface area contributed by atoms with E-state index in [1.165, 1.54) is 30.3 Å². The predicted molar refractivity (Wildman–Crippen MR) is 93.6 cm³/mol. The fourth-order valence-electron chi connectivity index (χ4n) is 2.55. The van der Waals surface area contributed by atoms with Gasteiger partial charge in [0, 0.05) is 0 Å². The molecule has 1 heterocycles. The summed E-state index contributed by atoms with van der Waals surface area (Å²) >= 11 is 0. The van der Waals surface area contributed by atoms with Gasteiger partial charge in [-0.3, -0.25) is 14.9 Å². The van der Waals surface area contributed by atoms with Gasteiger partial charge >= 0.3 is 12.0 Å². The first kappa shape index (κ1) is 17.1. The average Bonchev–Trinajstić information content (AvgIpc) is 2.60. The Balaban J connectivity index is 2.01. The minimum absolute atomic E-state index is 0.0189. The smallest absolute Gasteiger partial charge is 0.335 e. The number of urea groups is 1. The zero-order valence-electron chi connectivity index (χ0n) is 13.7. The van der Waals surface area contributed by atoms with Crippen molar-refractivity contribution in [2.24, 2.45) is 0 Å². The number of benzene rings is 2. The Morgan fingerprint density at radius 2 is 1.69 bits per heavy atom. The quantitative estimate of drug-likeness (QED) is 0.653. The molecule has 2 aromatic carbocycles. The van der Waals surface area contributed by atoms with Crippen LogP contribution < -0.4 is 10.2 Å². The fourth-order valence-corrected chi connectivity index (χ4v) is 2.55. The third kappa shape index (κ3) is 3.10. The number of amides is 4. The van der Waals surface area contributed by atoms with Crippen LogP contribution in [0.1, 0.15) is 21.5 Å². The summed E-state index contributed by atoms with van der Waals surface area (Å²) < 4.78 is 0. The number of rotatable bonds is 3. The minimum atomic E-state index is -1.12. The number of imide groups is 2. The highest BCUT2D eigenvalue weighted by molar-refractivity contribution is 6.39. The number of carbonyl (C=O) groups excluding carboxylic acids is 3. The van der Waals surface area contributed by atoms with Gasteiger partial charge in [0.2, 0.25) is 0 Å². The van der Waals surface area contributed by atoms with Crippen LogP contribution in [0.4, 0.5) is 10.5 Å². The molecule has 0 aliphatic carbocycles. The first-order valence-electron chi connectivity index (χ1n) is 7.69. The number of nitrogens with one attached hydrogen (secondary N) is 1. The maximum atomic E-state index is 12.7. The number of nitrogens with zero attached hydrogens (tertiary/aromatic N) is 1. The third-order valence-corrected chi connectivity index (χ3v) is 3.96. The molecule has 1 fully saturated rings. The van der Waals surface area contributed by atoms with Gasteiger partial charge in [0.1, 0.15) is 5.57 Å². The van der Waals surface area contributed by atoms with E-state index in [1.54, 1.807) is 12.1 Å². The topological polar surface area (TPSA) is 104 Å². The predicted octanol–water partition coefficient (Wildman–Crippen LogP) is 2.36. The van der Waals surface area contributed by atoms with Crippen molar-refractivity contribution in [2.75, 3.05) is 4.90 Å². The van der Waals surface area contributed by atoms with Gasteiger partial charge in [0.05, 0.1) is 11.3 Å². The molecule has 0 bridgehead atoms. The van der Waals surface area contributed by atoms with Crippen molar-refractivity contribution in [2.45, 2.75) is 6.92 Å². The number of aryl methyl sites for hydroxylation is 1. The van der Waals surface area contributed by atoms with Crippen molar-refractivity contribution in [1.82, 2.24) is 5.32 Å². The van der Waals surface area contributed by atoms with Gasteiger partial charge in [-0.2, -0.15) is 0 Å². The van der Waals surface area contributed by atoms with Crippen molar-refractivity contribution in [3.8, 4) is 0 Å². The number of carbonyl (C=O) groups is 4. The molecule has 7 heteroatoms. The molecule has 0 aromatic heterocycles. The van der Waals surface area contributed by atoms with E-state index in [-0.39, 0.29) is 16.8 Å².